The number of hydrogen-bond donors (Lipinski definition) is 1. The van der Waals surface area contributed by atoms with Crippen LogP contribution in [0.25, 0.3) is 6.08 Å². The molecule has 0 radical (unpaired) electrons. The molecule has 4 heteroatoms. The monoisotopic (exact) mass is 350 g/mol. The van der Waals surface area contributed by atoms with Crippen LogP contribution in [0.3, 0.4) is 0 Å². The average molecular weight is 350 g/mol. The Morgan fingerprint density at radius 2 is 1.92 bits per heavy atom. The molecular formula is C22H26N2O2. The Bertz CT molecular complexity index is 764. The van der Waals surface area contributed by atoms with Crippen molar-refractivity contribution >= 4 is 17.7 Å². The minimum absolute atomic E-state index is 0.136. The van der Waals surface area contributed by atoms with Gasteiger partial charge in [0.2, 0.25) is 5.91 Å². The molecule has 0 atom stereocenters. The molecule has 26 heavy (non-hydrogen) atoms. The summed E-state index contributed by atoms with van der Waals surface area (Å²) in [5.41, 5.74) is 3.00. The van der Waals surface area contributed by atoms with Gasteiger partial charge in [-0.2, -0.15) is 0 Å². The predicted molar refractivity (Wildman–Crippen MR) is 106 cm³/mol. The highest BCUT2D eigenvalue weighted by Crippen LogP contribution is 2.17. The zero-order valence-electron chi connectivity index (χ0n) is 15.3. The van der Waals surface area contributed by atoms with Crippen molar-refractivity contribution in [2.75, 3.05) is 25.5 Å². The molecule has 136 valence electrons. The van der Waals surface area contributed by atoms with Crippen LogP contribution in [0.5, 0.6) is 5.75 Å². The van der Waals surface area contributed by atoms with Gasteiger partial charge in [0.25, 0.3) is 0 Å². The molecular weight excluding hydrogens is 324 g/mol. The van der Waals surface area contributed by atoms with Gasteiger partial charge in [-0.05, 0) is 67.4 Å². The van der Waals surface area contributed by atoms with Crippen molar-refractivity contribution in [1.82, 2.24) is 4.90 Å². The number of carbonyl (C=O) groups is 1. The van der Waals surface area contributed by atoms with E-state index in [4.69, 9.17) is 4.74 Å². The molecule has 0 bridgehead atoms. The summed E-state index contributed by atoms with van der Waals surface area (Å²) in [5, 5.41) is 2.94. The Kier molecular flexibility index (Phi) is 6.45. The van der Waals surface area contributed by atoms with E-state index in [1.165, 1.54) is 37.9 Å². The van der Waals surface area contributed by atoms with Crippen LogP contribution in [0.1, 0.15) is 30.4 Å². The van der Waals surface area contributed by atoms with Gasteiger partial charge in [-0.15, -0.1) is 0 Å². The van der Waals surface area contributed by atoms with Crippen molar-refractivity contribution < 1.29 is 9.53 Å². The van der Waals surface area contributed by atoms with Crippen LogP contribution in [0.4, 0.5) is 5.69 Å². The van der Waals surface area contributed by atoms with Crippen molar-refractivity contribution in [2.45, 2.75) is 25.8 Å². The molecule has 1 N–H and O–H groups in total. The lowest BCUT2D eigenvalue weighted by atomic mass is 10.1. The van der Waals surface area contributed by atoms with Crippen LogP contribution in [-0.2, 0) is 11.3 Å². The number of piperidine rings is 1. The number of nitrogens with zero attached hydrogens (tertiary/aromatic N) is 1. The SMILES string of the molecule is COc1cccc(/C=C/C(=O)Nc2cccc(CN3CCCCC3)c2)c1. The third-order valence-electron chi connectivity index (χ3n) is 4.57. The lowest BCUT2D eigenvalue weighted by Gasteiger charge is -2.26. The zero-order valence-corrected chi connectivity index (χ0v) is 15.3. The van der Waals surface area contributed by atoms with Crippen LogP contribution in [0, 0.1) is 0 Å². The summed E-state index contributed by atoms with van der Waals surface area (Å²) in [6, 6.07) is 15.7. The molecule has 1 saturated heterocycles. The molecule has 1 amide bonds. The maximum Gasteiger partial charge on any atom is 0.248 e. The van der Waals surface area contributed by atoms with Crippen LogP contribution in [0.15, 0.2) is 54.6 Å². The van der Waals surface area contributed by atoms with Crippen molar-refractivity contribution in [3.8, 4) is 5.75 Å². The third-order valence-corrected chi connectivity index (χ3v) is 4.57. The summed E-state index contributed by atoms with van der Waals surface area (Å²) in [5.74, 6) is 0.640. The van der Waals surface area contributed by atoms with E-state index in [1.54, 1.807) is 19.3 Å². The highest BCUT2D eigenvalue weighted by molar-refractivity contribution is 6.01. The van der Waals surface area contributed by atoms with Gasteiger partial charge in [0.15, 0.2) is 0 Å². The molecule has 2 aromatic rings. The van der Waals surface area contributed by atoms with Crippen molar-refractivity contribution in [3.05, 3.63) is 65.7 Å². The minimum Gasteiger partial charge on any atom is -0.497 e. The molecule has 1 fully saturated rings. The number of likely N-dealkylation sites (tertiary alicyclic amines) is 1. The number of nitrogens with one attached hydrogen (secondary N) is 1. The molecule has 0 aliphatic carbocycles. The summed E-state index contributed by atoms with van der Waals surface area (Å²) in [4.78, 5) is 14.7. The predicted octanol–water partition coefficient (Wildman–Crippen LogP) is 4.33. The van der Waals surface area contributed by atoms with E-state index in [1.807, 2.05) is 36.4 Å². The fraction of sp³-hybridized carbons (Fsp3) is 0.318. The molecule has 0 aromatic heterocycles. The highest BCUT2D eigenvalue weighted by atomic mass is 16.5. The molecule has 0 saturated carbocycles. The molecule has 0 unspecified atom stereocenters. The number of methoxy groups -OCH3 is 1. The van der Waals surface area contributed by atoms with Crippen LogP contribution >= 0.6 is 0 Å². The number of hydrogen-bond acceptors (Lipinski definition) is 3. The molecule has 2 aromatic carbocycles. The number of amides is 1. The number of benzene rings is 2. The summed E-state index contributed by atoms with van der Waals surface area (Å²) in [6.07, 6.45) is 7.24. The van der Waals surface area contributed by atoms with E-state index < -0.39 is 0 Å². The first kappa shape index (κ1) is 18.2. The standard InChI is InChI=1S/C22H26N2O2/c1-26-21-10-6-7-18(16-21)11-12-22(25)23-20-9-5-8-19(15-20)17-24-13-3-2-4-14-24/h5-12,15-16H,2-4,13-14,17H2,1H3,(H,23,25)/b12-11+. The average Bonchev–Trinajstić information content (AvgIpc) is 2.68. The van der Waals surface area contributed by atoms with Gasteiger partial charge in [0.05, 0.1) is 7.11 Å². The van der Waals surface area contributed by atoms with Gasteiger partial charge in [-0.1, -0.05) is 30.7 Å². The largest absolute Gasteiger partial charge is 0.497 e. The van der Waals surface area contributed by atoms with Crippen molar-refractivity contribution in [3.63, 3.8) is 0 Å². The topological polar surface area (TPSA) is 41.6 Å². The fourth-order valence-electron chi connectivity index (χ4n) is 3.22. The normalized spacial score (nSPS) is 15.1. The zero-order chi connectivity index (χ0) is 18.2. The molecule has 3 rings (SSSR count). The second-order valence-corrected chi connectivity index (χ2v) is 6.64. The fourth-order valence-corrected chi connectivity index (χ4v) is 3.22. The maximum atomic E-state index is 12.2. The number of anilines is 1. The van der Waals surface area contributed by atoms with E-state index in [0.29, 0.717) is 0 Å². The first-order valence-electron chi connectivity index (χ1n) is 9.17. The number of ether oxygens (including phenoxy) is 1. The smallest absolute Gasteiger partial charge is 0.248 e. The second kappa shape index (κ2) is 9.20. The Labute approximate surface area is 155 Å². The van der Waals surface area contributed by atoms with E-state index >= 15 is 0 Å². The van der Waals surface area contributed by atoms with Gasteiger partial charge in [0, 0.05) is 18.3 Å². The maximum absolute atomic E-state index is 12.2. The molecule has 1 aliphatic rings. The Morgan fingerprint density at radius 1 is 1.12 bits per heavy atom. The van der Waals surface area contributed by atoms with E-state index in [2.05, 4.69) is 22.3 Å². The summed E-state index contributed by atoms with van der Waals surface area (Å²) < 4.78 is 5.19. The molecule has 0 spiro atoms. The molecule has 4 nitrogen and oxygen atoms in total. The summed E-state index contributed by atoms with van der Waals surface area (Å²) >= 11 is 0. The van der Waals surface area contributed by atoms with E-state index in [-0.39, 0.29) is 5.91 Å². The van der Waals surface area contributed by atoms with E-state index in [0.717, 1.165) is 23.5 Å². The highest BCUT2D eigenvalue weighted by Gasteiger charge is 2.10. The van der Waals surface area contributed by atoms with Gasteiger partial charge in [-0.25, -0.2) is 0 Å². The molecule has 1 aliphatic heterocycles. The quantitative estimate of drug-likeness (QED) is 0.788. The van der Waals surface area contributed by atoms with Gasteiger partial charge >= 0.3 is 0 Å². The Hall–Kier alpha value is -2.59. The van der Waals surface area contributed by atoms with Gasteiger partial charge in [0.1, 0.15) is 5.75 Å². The Morgan fingerprint density at radius 3 is 2.73 bits per heavy atom. The second-order valence-electron chi connectivity index (χ2n) is 6.64. The summed E-state index contributed by atoms with van der Waals surface area (Å²) in [7, 11) is 1.63. The van der Waals surface area contributed by atoms with Crippen molar-refractivity contribution in [2.24, 2.45) is 0 Å². The van der Waals surface area contributed by atoms with Crippen LogP contribution in [0.2, 0.25) is 0 Å². The van der Waals surface area contributed by atoms with Crippen LogP contribution < -0.4 is 10.1 Å². The van der Waals surface area contributed by atoms with Gasteiger partial charge in [-0.3, -0.25) is 9.69 Å². The number of rotatable bonds is 6. The first-order valence-corrected chi connectivity index (χ1v) is 9.17. The van der Waals surface area contributed by atoms with Crippen LogP contribution in [-0.4, -0.2) is 31.0 Å². The number of carbonyl (C=O) groups excluding carboxylic acids is 1. The van der Waals surface area contributed by atoms with E-state index in [9.17, 15) is 4.79 Å². The first-order chi connectivity index (χ1) is 12.7. The van der Waals surface area contributed by atoms with Gasteiger partial charge < -0.3 is 10.1 Å². The lowest BCUT2D eigenvalue weighted by molar-refractivity contribution is -0.111. The summed E-state index contributed by atoms with van der Waals surface area (Å²) in [6.45, 7) is 3.28. The Balaban J connectivity index is 1.58. The lowest BCUT2D eigenvalue weighted by Crippen LogP contribution is -2.29. The molecule has 1 heterocycles. The third kappa shape index (κ3) is 5.46. The van der Waals surface area contributed by atoms with Crippen molar-refractivity contribution in [1.29, 1.82) is 0 Å². The minimum atomic E-state index is -0.136.